The van der Waals surface area contributed by atoms with Crippen LogP contribution in [-0.2, 0) is 5.54 Å². The quantitative estimate of drug-likeness (QED) is 0.770. The fourth-order valence-corrected chi connectivity index (χ4v) is 3.03. The van der Waals surface area contributed by atoms with Gasteiger partial charge in [0.15, 0.2) is 0 Å². The highest BCUT2D eigenvalue weighted by Gasteiger charge is 2.35. The summed E-state index contributed by atoms with van der Waals surface area (Å²) in [7, 11) is 0. The number of nitrogens with zero attached hydrogens (tertiary/aromatic N) is 1. The van der Waals surface area contributed by atoms with Crippen LogP contribution in [0.2, 0.25) is 5.02 Å². The Hall–Kier alpha value is -0.570. The smallest absolute Gasteiger partial charge is 0.0561 e. The molecule has 0 amide bonds. The van der Waals surface area contributed by atoms with Crippen LogP contribution in [0.15, 0.2) is 24.3 Å². The third-order valence-corrected chi connectivity index (χ3v) is 4.53. The van der Waals surface area contributed by atoms with Gasteiger partial charge in [0.2, 0.25) is 0 Å². The third-order valence-electron chi connectivity index (χ3n) is 4.28. The van der Waals surface area contributed by atoms with Crippen molar-refractivity contribution in [3.63, 3.8) is 0 Å². The van der Waals surface area contributed by atoms with E-state index in [4.69, 9.17) is 17.3 Å². The second-order valence-corrected chi connectivity index (χ2v) is 6.05. The number of rotatable bonds is 8. The lowest BCUT2D eigenvalue weighted by atomic mass is 9.81. The van der Waals surface area contributed by atoms with Crippen molar-refractivity contribution in [2.45, 2.75) is 58.5 Å². The summed E-state index contributed by atoms with van der Waals surface area (Å²) in [6, 6.07) is 8.32. The molecule has 1 aromatic carbocycles. The first-order valence-corrected chi connectivity index (χ1v) is 8.16. The molecule has 2 atom stereocenters. The number of hydrogen-bond acceptors (Lipinski definition) is 2. The molecule has 1 rings (SSSR count). The van der Waals surface area contributed by atoms with Gasteiger partial charge >= 0.3 is 0 Å². The van der Waals surface area contributed by atoms with Crippen LogP contribution in [0.1, 0.15) is 52.5 Å². The number of hydrogen-bond donors (Lipinski definition) is 1. The van der Waals surface area contributed by atoms with Crippen molar-refractivity contribution >= 4 is 11.6 Å². The average Bonchev–Trinajstić information content (AvgIpc) is 2.46. The number of benzene rings is 1. The summed E-state index contributed by atoms with van der Waals surface area (Å²) >= 11 is 6.00. The Labute approximate surface area is 129 Å². The molecular formula is C17H29ClN2. The molecule has 0 aliphatic rings. The third kappa shape index (κ3) is 3.97. The van der Waals surface area contributed by atoms with Crippen LogP contribution in [0.4, 0.5) is 0 Å². The van der Waals surface area contributed by atoms with E-state index in [-0.39, 0.29) is 5.54 Å². The predicted octanol–water partition coefficient (Wildman–Crippen LogP) is 4.41. The van der Waals surface area contributed by atoms with Crippen LogP contribution in [0.5, 0.6) is 0 Å². The summed E-state index contributed by atoms with van der Waals surface area (Å²) in [6.07, 6.45) is 3.23. The van der Waals surface area contributed by atoms with E-state index in [0.717, 1.165) is 37.4 Å². The van der Waals surface area contributed by atoms with Crippen molar-refractivity contribution in [2.75, 3.05) is 13.1 Å². The van der Waals surface area contributed by atoms with Crippen LogP contribution in [0, 0.1) is 0 Å². The average molecular weight is 297 g/mol. The molecule has 0 aliphatic heterocycles. The van der Waals surface area contributed by atoms with Crippen molar-refractivity contribution < 1.29 is 0 Å². The van der Waals surface area contributed by atoms with Gasteiger partial charge in [-0.1, -0.05) is 44.5 Å². The van der Waals surface area contributed by atoms with Crippen LogP contribution >= 0.6 is 11.6 Å². The molecule has 0 saturated heterocycles. The van der Waals surface area contributed by atoms with Gasteiger partial charge in [0, 0.05) is 11.1 Å². The molecule has 2 unspecified atom stereocenters. The van der Waals surface area contributed by atoms with E-state index in [2.05, 4.69) is 44.7 Å². The number of halogens is 1. The second kappa shape index (κ2) is 8.02. The summed E-state index contributed by atoms with van der Waals surface area (Å²) in [5.41, 5.74) is 7.64. The van der Waals surface area contributed by atoms with Crippen LogP contribution < -0.4 is 5.73 Å². The lowest BCUT2D eigenvalue weighted by Crippen LogP contribution is -2.54. The zero-order chi connectivity index (χ0) is 15.2. The van der Waals surface area contributed by atoms with E-state index in [1.54, 1.807) is 0 Å². The van der Waals surface area contributed by atoms with Crippen molar-refractivity contribution in [3.05, 3.63) is 34.9 Å². The molecule has 2 nitrogen and oxygen atoms in total. The molecule has 3 heteroatoms. The summed E-state index contributed by atoms with van der Waals surface area (Å²) in [4.78, 5) is 2.51. The Morgan fingerprint density at radius 1 is 1.10 bits per heavy atom. The van der Waals surface area contributed by atoms with Gasteiger partial charge in [-0.25, -0.2) is 0 Å². The predicted molar refractivity (Wildman–Crippen MR) is 89.2 cm³/mol. The van der Waals surface area contributed by atoms with Crippen LogP contribution in [0.3, 0.4) is 0 Å². The van der Waals surface area contributed by atoms with Crippen LogP contribution in [0.25, 0.3) is 0 Å². The molecule has 0 aliphatic carbocycles. The van der Waals surface area contributed by atoms with E-state index in [9.17, 15) is 0 Å². The maximum Gasteiger partial charge on any atom is 0.0561 e. The molecule has 0 spiro atoms. The van der Waals surface area contributed by atoms with Gasteiger partial charge in [-0.15, -0.1) is 0 Å². The molecule has 0 bridgehead atoms. The standard InChI is InChI=1S/C17H29ClN2/c1-5-12-20(13-6-2)14(4)17(19,7-3)15-8-10-16(18)11-9-15/h8-11,14H,5-7,12-13,19H2,1-4H3. The highest BCUT2D eigenvalue weighted by Crippen LogP contribution is 2.30. The summed E-state index contributed by atoms with van der Waals surface area (Å²) in [5.74, 6) is 0. The largest absolute Gasteiger partial charge is 0.320 e. The summed E-state index contributed by atoms with van der Waals surface area (Å²) in [6.45, 7) is 11.1. The highest BCUT2D eigenvalue weighted by atomic mass is 35.5. The van der Waals surface area contributed by atoms with E-state index in [1.807, 2.05) is 12.1 Å². The first-order chi connectivity index (χ1) is 9.49. The Balaban J connectivity index is 3.03. The van der Waals surface area contributed by atoms with Gasteiger partial charge < -0.3 is 5.73 Å². The Bertz CT molecular complexity index is 384. The van der Waals surface area contributed by atoms with Crippen LogP contribution in [-0.4, -0.2) is 24.0 Å². The molecule has 2 N–H and O–H groups in total. The van der Waals surface area contributed by atoms with Crippen molar-refractivity contribution in [3.8, 4) is 0 Å². The maximum absolute atomic E-state index is 6.79. The lowest BCUT2D eigenvalue weighted by Gasteiger charge is -2.42. The SMILES string of the molecule is CCCN(CCC)C(C)C(N)(CC)c1ccc(Cl)cc1. The van der Waals surface area contributed by atoms with Crippen molar-refractivity contribution in [1.29, 1.82) is 0 Å². The van der Waals surface area contributed by atoms with Crippen molar-refractivity contribution in [2.24, 2.45) is 5.73 Å². The molecule has 0 heterocycles. The Morgan fingerprint density at radius 2 is 1.60 bits per heavy atom. The molecule has 20 heavy (non-hydrogen) atoms. The molecule has 114 valence electrons. The van der Waals surface area contributed by atoms with Gasteiger partial charge in [-0.05, 0) is 57.0 Å². The van der Waals surface area contributed by atoms with Gasteiger partial charge in [-0.3, -0.25) is 4.90 Å². The summed E-state index contributed by atoms with van der Waals surface area (Å²) in [5, 5.41) is 0.763. The Morgan fingerprint density at radius 3 is 2.00 bits per heavy atom. The topological polar surface area (TPSA) is 29.3 Å². The maximum atomic E-state index is 6.79. The molecule has 0 aromatic heterocycles. The monoisotopic (exact) mass is 296 g/mol. The highest BCUT2D eigenvalue weighted by molar-refractivity contribution is 6.30. The minimum atomic E-state index is -0.324. The first-order valence-electron chi connectivity index (χ1n) is 7.78. The zero-order valence-corrected chi connectivity index (χ0v) is 14.1. The fourth-order valence-electron chi connectivity index (χ4n) is 2.90. The van der Waals surface area contributed by atoms with E-state index in [1.165, 1.54) is 5.56 Å². The Kier molecular flexibility index (Phi) is 7.01. The molecule has 0 fully saturated rings. The van der Waals surface area contributed by atoms with E-state index >= 15 is 0 Å². The van der Waals surface area contributed by atoms with Gasteiger partial charge in [0.05, 0.1) is 5.54 Å². The zero-order valence-electron chi connectivity index (χ0n) is 13.3. The fraction of sp³-hybridized carbons (Fsp3) is 0.647. The molecule has 0 radical (unpaired) electrons. The van der Waals surface area contributed by atoms with Gasteiger partial charge in [0.1, 0.15) is 0 Å². The molecule has 0 saturated carbocycles. The number of nitrogens with two attached hydrogens (primary N) is 1. The normalized spacial score (nSPS) is 16.1. The first kappa shape index (κ1) is 17.5. The van der Waals surface area contributed by atoms with E-state index in [0.29, 0.717) is 6.04 Å². The van der Waals surface area contributed by atoms with Gasteiger partial charge in [-0.2, -0.15) is 0 Å². The molecule has 1 aromatic rings. The van der Waals surface area contributed by atoms with E-state index < -0.39 is 0 Å². The molecular weight excluding hydrogens is 268 g/mol. The summed E-state index contributed by atoms with van der Waals surface area (Å²) < 4.78 is 0. The second-order valence-electron chi connectivity index (χ2n) is 5.61. The minimum absolute atomic E-state index is 0.313. The lowest BCUT2D eigenvalue weighted by molar-refractivity contribution is 0.127. The van der Waals surface area contributed by atoms with Crippen molar-refractivity contribution in [1.82, 2.24) is 4.90 Å². The minimum Gasteiger partial charge on any atom is -0.320 e. The van der Waals surface area contributed by atoms with Gasteiger partial charge in [0.25, 0.3) is 0 Å².